The van der Waals surface area contributed by atoms with Crippen LogP contribution in [0.1, 0.15) is 30.1 Å². The first kappa shape index (κ1) is 11.4. The molecule has 0 radical (unpaired) electrons. The average Bonchev–Trinajstić information content (AvgIpc) is 3.16. The molecule has 6 heteroatoms. The van der Waals surface area contributed by atoms with E-state index in [1.54, 1.807) is 13.3 Å². The zero-order chi connectivity index (χ0) is 12.4. The Morgan fingerprint density at radius 3 is 3.00 bits per heavy atom. The summed E-state index contributed by atoms with van der Waals surface area (Å²) in [6.45, 7) is 0.705. The molecule has 1 saturated carbocycles. The average molecular weight is 262 g/mol. The Labute approximate surface area is 109 Å². The highest BCUT2D eigenvalue weighted by Gasteiger charge is 2.27. The second-order valence-corrected chi connectivity index (χ2v) is 5.05. The lowest BCUT2D eigenvalue weighted by atomic mass is 10.3. The second-order valence-electron chi connectivity index (χ2n) is 4.29. The molecule has 1 aliphatic carbocycles. The normalized spacial score (nSPS) is 14.5. The number of aromatic nitrogens is 3. The Morgan fingerprint density at radius 2 is 2.33 bits per heavy atom. The zero-order valence-corrected chi connectivity index (χ0v) is 10.9. The van der Waals surface area contributed by atoms with E-state index in [-0.39, 0.29) is 0 Å². The van der Waals surface area contributed by atoms with Gasteiger partial charge in [0.1, 0.15) is 5.82 Å². The van der Waals surface area contributed by atoms with E-state index < -0.39 is 0 Å². The summed E-state index contributed by atoms with van der Waals surface area (Å²) in [4.78, 5) is 8.63. The highest BCUT2D eigenvalue weighted by molar-refractivity contribution is 7.09. The Balaban J connectivity index is 1.58. The van der Waals surface area contributed by atoms with Crippen molar-refractivity contribution in [2.75, 3.05) is 12.4 Å². The number of ether oxygens (including phenoxy) is 1. The number of pyridine rings is 1. The van der Waals surface area contributed by atoms with Gasteiger partial charge < -0.3 is 10.1 Å². The number of nitrogens with zero attached hydrogens (tertiary/aromatic N) is 3. The summed E-state index contributed by atoms with van der Waals surface area (Å²) in [5, 5.41) is 4.15. The summed E-state index contributed by atoms with van der Waals surface area (Å²) < 4.78 is 9.37. The SMILES string of the molecule is COc1ccc(CNc2nc(C3CC3)ns2)cn1. The van der Waals surface area contributed by atoms with Crippen molar-refractivity contribution < 1.29 is 4.74 Å². The van der Waals surface area contributed by atoms with Crippen molar-refractivity contribution in [1.29, 1.82) is 0 Å². The van der Waals surface area contributed by atoms with Crippen LogP contribution in [-0.2, 0) is 6.54 Å². The highest BCUT2D eigenvalue weighted by atomic mass is 32.1. The van der Waals surface area contributed by atoms with Gasteiger partial charge >= 0.3 is 0 Å². The molecule has 5 nitrogen and oxygen atoms in total. The minimum absolute atomic E-state index is 0.611. The van der Waals surface area contributed by atoms with Crippen molar-refractivity contribution in [3.63, 3.8) is 0 Å². The lowest BCUT2D eigenvalue weighted by Gasteiger charge is -2.03. The molecule has 2 heterocycles. The molecule has 0 aromatic carbocycles. The topological polar surface area (TPSA) is 59.9 Å². The van der Waals surface area contributed by atoms with Gasteiger partial charge in [-0.25, -0.2) is 9.97 Å². The summed E-state index contributed by atoms with van der Waals surface area (Å²) >= 11 is 1.43. The van der Waals surface area contributed by atoms with E-state index in [1.165, 1.54) is 24.4 Å². The van der Waals surface area contributed by atoms with E-state index in [1.807, 2.05) is 12.1 Å². The van der Waals surface area contributed by atoms with Crippen LogP contribution in [0.25, 0.3) is 0 Å². The van der Waals surface area contributed by atoms with Crippen LogP contribution in [0.3, 0.4) is 0 Å². The molecule has 3 rings (SSSR count). The fraction of sp³-hybridized carbons (Fsp3) is 0.417. The number of rotatable bonds is 5. The van der Waals surface area contributed by atoms with Crippen molar-refractivity contribution in [2.45, 2.75) is 25.3 Å². The number of methoxy groups -OCH3 is 1. The first-order chi connectivity index (χ1) is 8.85. The minimum Gasteiger partial charge on any atom is -0.481 e. The molecule has 0 amide bonds. The van der Waals surface area contributed by atoms with E-state index in [9.17, 15) is 0 Å². The van der Waals surface area contributed by atoms with Crippen molar-refractivity contribution in [3.8, 4) is 5.88 Å². The molecular formula is C12H14N4OS. The van der Waals surface area contributed by atoms with Crippen molar-refractivity contribution in [2.24, 2.45) is 0 Å². The van der Waals surface area contributed by atoms with Gasteiger partial charge in [0.2, 0.25) is 11.0 Å². The molecule has 2 aromatic rings. The maximum atomic E-state index is 5.02. The van der Waals surface area contributed by atoms with Crippen molar-refractivity contribution in [1.82, 2.24) is 14.3 Å². The molecule has 0 aliphatic heterocycles. The van der Waals surface area contributed by atoms with Gasteiger partial charge in [-0.3, -0.25) is 0 Å². The Morgan fingerprint density at radius 1 is 1.44 bits per heavy atom. The number of hydrogen-bond acceptors (Lipinski definition) is 6. The number of anilines is 1. The van der Waals surface area contributed by atoms with Crippen LogP contribution in [0.2, 0.25) is 0 Å². The smallest absolute Gasteiger partial charge is 0.212 e. The number of nitrogens with one attached hydrogen (secondary N) is 1. The van der Waals surface area contributed by atoms with Crippen molar-refractivity contribution in [3.05, 3.63) is 29.7 Å². The molecule has 0 unspecified atom stereocenters. The fourth-order valence-electron chi connectivity index (χ4n) is 1.63. The van der Waals surface area contributed by atoms with E-state index >= 15 is 0 Å². The van der Waals surface area contributed by atoms with Gasteiger partial charge in [-0.1, -0.05) is 6.07 Å². The molecule has 0 spiro atoms. The molecule has 2 aromatic heterocycles. The van der Waals surface area contributed by atoms with Gasteiger partial charge in [0.25, 0.3) is 0 Å². The third-order valence-corrected chi connectivity index (χ3v) is 3.52. The van der Waals surface area contributed by atoms with E-state index in [0.717, 1.165) is 16.5 Å². The zero-order valence-electron chi connectivity index (χ0n) is 10.1. The molecule has 0 bridgehead atoms. The van der Waals surface area contributed by atoms with Gasteiger partial charge in [0.15, 0.2) is 0 Å². The first-order valence-corrected chi connectivity index (χ1v) is 6.69. The van der Waals surface area contributed by atoms with Crippen LogP contribution in [0.15, 0.2) is 18.3 Å². The quantitative estimate of drug-likeness (QED) is 0.896. The van der Waals surface area contributed by atoms with Crippen LogP contribution < -0.4 is 10.1 Å². The van der Waals surface area contributed by atoms with E-state index in [2.05, 4.69) is 19.7 Å². The summed E-state index contributed by atoms with van der Waals surface area (Å²) in [7, 11) is 1.61. The fourth-order valence-corrected chi connectivity index (χ4v) is 2.27. The molecule has 1 N–H and O–H groups in total. The molecule has 0 saturated heterocycles. The summed E-state index contributed by atoms with van der Waals surface area (Å²) in [5.41, 5.74) is 1.10. The molecular weight excluding hydrogens is 248 g/mol. The predicted octanol–water partition coefficient (Wildman–Crippen LogP) is 2.43. The van der Waals surface area contributed by atoms with Crippen LogP contribution in [0, 0.1) is 0 Å². The van der Waals surface area contributed by atoms with Crippen LogP contribution in [0.4, 0.5) is 5.13 Å². The standard InChI is InChI=1S/C12H14N4OS/c1-17-10-5-2-8(6-13-10)7-14-12-15-11(16-18-12)9-3-4-9/h2,5-6,9H,3-4,7H2,1H3,(H,14,15,16). The van der Waals surface area contributed by atoms with Gasteiger partial charge in [-0.2, -0.15) is 4.37 Å². The van der Waals surface area contributed by atoms with Gasteiger partial charge in [0, 0.05) is 36.3 Å². The summed E-state index contributed by atoms with van der Waals surface area (Å²) in [6, 6.07) is 3.84. The van der Waals surface area contributed by atoms with Crippen LogP contribution >= 0.6 is 11.5 Å². The first-order valence-electron chi connectivity index (χ1n) is 5.91. The molecule has 94 valence electrons. The van der Waals surface area contributed by atoms with E-state index in [4.69, 9.17) is 4.74 Å². The molecule has 1 aliphatic rings. The highest BCUT2D eigenvalue weighted by Crippen LogP contribution is 2.39. The van der Waals surface area contributed by atoms with E-state index in [0.29, 0.717) is 18.3 Å². The summed E-state index contributed by atoms with van der Waals surface area (Å²) in [6.07, 6.45) is 4.27. The summed E-state index contributed by atoms with van der Waals surface area (Å²) in [5.74, 6) is 2.24. The maximum absolute atomic E-state index is 5.02. The predicted molar refractivity (Wildman–Crippen MR) is 70.0 cm³/mol. The Kier molecular flexibility index (Phi) is 3.10. The Hall–Kier alpha value is -1.69. The monoisotopic (exact) mass is 262 g/mol. The molecule has 18 heavy (non-hydrogen) atoms. The Bertz CT molecular complexity index is 521. The largest absolute Gasteiger partial charge is 0.481 e. The minimum atomic E-state index is 0.611. The van der Waals surface area contributed by atoms with Crippen LogP contribution in [-0.4, -0.2) is 21.5 Å². The maximum Gasteiger partial charge on any atom is 0.212 e. The third kappa shape index (κ3) is 2.59. The molecule has 1 fully saturated rings. The number of hydrogen-bond donors (Lipinski definition) is 1. The van der Waals surface area contributed by atoms with Gasteiger partial charge in [-0.15, -0.1) is 0 Å². The third-order valence-electron chi connectivity index (χ3n) is 2.83. The second kappa shape index (κ2) is 4.89. The van der Waals surface area contributed by atoms with Gasteiger partial charge in [-0.05, 0) is 18.4 Å². The lowest BCUT2D eigenvalue weighted by Crippen LogP contribution is -2.00. The van der Waals surface area contributed by atoms with Gasteiger partial charge in [0.05, 0.1) is 7.11 Å². The van der Waals surface area contributed by atoms with Crippen LogP contribution in [0.5, 0.6) is 5.88 Å². The van der Waals surface area contributed by atoms with Crippen molar-refractivity contribution >= 4 is 16.7 Å². The molecule has 0 atom stereocenters. The lowest BCUT2D eigenvalue weighted by molar-refractivity contribution is 0.397.